The molecule has 112 valence electrons. The van der Waals surface area contributed by atoms with Crippen molar-refractivity contribution in [3.05, 3.63) is 30.1 Å². The summed E-state index contributed by atoms with van der Waals surface area (Å²) in [5.41, 5.74) is 0. The van der Waals surface area contributed by atoms with Crippen LogP contribution in [0.25, 0.3) is 0 Å². The summed E-state index contributed by atoms with van der Waals surface area (Å²) in [5.74, 6) is 0.289. The fraction of sp³-hybridized carbons (Fsp3) is 0.600. The van der Waals surface area contributed by atoms with Gasteiger partial charge in [0.25, 0.3) is 0 Å². The van der Waals surface area contributed by atoms with Crippen molar-refractivity contribution in [1.29, 1.82) is 0 Å². The highest BCUT2D eigenvalue weighted by molar-refractivity contribution is 7.99. The summed E-state index contributed by atoms with van der Waals surface area (Å²) >= 11 is 1.89. The molecule has 1 aromatic carbocycles. The van der Waals surface area contributed by atoms with Gasteiger partial charge in [-0.2, -0.15) is 11.8 Å². The highest BCUT2D eigenvalue weighted by Gasteiger charge is 2.26. The largest absolute Gasteiger partial charge is 0.491 e. The molecule has 5 heteroatoms. The fourth-order valence-electron chi connectivity index (χ4n) is 2.51. The van der Waals surface area contributed by atoms with Crippen LogP contribution in [0, 0.1) is 5.82 Å². The topological polar surface area (TPSA) is 41.5 Å². The maximum Gasteiger partial charge on any atom is 0.123 e. The number of hydrogen-bond donors (Lipinski definition) is 2. The molecule has 20 heavy (non-hydrogen) atoms. The first-order valence-corrected chi connectivity index (χ1v) is 8.30. The molecule has 3 nitrogen and oxygen atoms in total. The molecule has 2 rings (SSSR count). The van der Waals surface area contributed by atoms with E-state index in [1.54, 1.807) is 12.1 Å². The van der Waals surface area contributed by atoms with E-state index in [0.29, 0.717) is 23.6 Å². The molecule has 0 amide bonds. The maximum atomic E-state index is 12.7. The average Bonchev–Trinajstić information content (AvgIpc) is 2.92. The van der Waals surface area contributed by atoms with Crippen molar-refractivity contribution >= 4 is 11.8 Å². The SMILES string of the molecule is CSC1CCCC1NCC(O)COc1ccc(F)cc1. The molecule has 0 bridgehead atoms. The van der Waals surface area contributed by atoms with Crippen molar-refractivity contribution in [2.45, 2.75) is 36.7 Å². The highest BCUT2D eigenvalue weighted by atomic mass is 32.2. The Morgan fingerprint density at radius 2 is 2.15 bits per heavy atom. The maximum absolute atomic E-state index is 12.7. The molecule has 2 N–H and O–H groups in total. The first kappa shape index (κ1) is 15.6. The normalized spacial score (nSPS) is 23.8. The van der Waals surface area contributed by atoms with Gasteiger partial charge < -0.3 is 15.2 Å². The molecule has 0 spiro atoms. The summed E-state index contributed by atoms with van der Waals surface area (Å²) < 4.78 is 18.2. The number of halogens is 1. The molecule has 0 heterocycles. The number of aliphatic hydroxyl groups excluding tert-OH is 1. The van der Waals surface area contributed by atoms with Gasteiger partial charge in [0.2, 0.25) is 0 Å². The fourth-order valence-corrected chi connectivity index (χ4v) is 3.47. The van der Waals surface area contributed by atoms with E-state index in [1.165, 1.54) is 31.4 Å². The lowest BCUT2D eigenvalue weighted by molar-refractivity contribution is 0.104. The van der Waals surface area contributed by atoms with Gasteiger partial charge in [0, 0.05) is 17.8 Å². The minimum atomic E-state index is -0.553. The van der Waals surface area contributed by atoms with Crippen molar-refractivity contribution in [2.75, 3.05) is 19.4 Å². The standard InChI is InChI=1S/C15H22FNO2S/c1-20-15-4-2-3-14(15)17-9-12(18)10-19-13-7-5-11(16)6-8-13/h5-8,12,14-15,17-18H,2-4,9-10H2,1H3. The molecule has 0 aliphatic heterocycles. The molecule has 1 saturated carbocycles. The summed E-state index contributed by atoms with van der Waals surface area (Å²) in [7, 11) is 0. The molecule has 3 atom stereocenters. The van der Waals surface area contributed by atoms with E-state index in [-0.39, 0.29) is 12.4 Å². The lowest BCUT2D eigenvalue weighted by atomic mass is 10.2. The quantitative estimate of drug-likeness (QED) is 0.811. The molecular weight excluding hydrogens is 277 g/mol. The van der Waals surface area contributed by atoms with Crippen LogP contribution >= 0.6 is 11.8 Å². The second-order valence-electron chi connectivity index (χ2n) is 5.14. The average molecular weight is 299 g/mol. The summed E-state index contributed by atoms with van der Waals surface area (Å²) in [5, 5.41) is 14.0. The predicted octanol–water partition coefficient (Wildman–Crippen LogP) is 2.44. The first-order valence-electron chi connectivity index (χ1n) is 7.01. The van der Waals surface area contributed by atoms with Gasteiger partial charge in [0.15, 0.2) is 0 Å². The van der Waals surface area contributed by atoms with Crippen LogP contribution in [0.2, 0.25) is 0 Å². The number of aliphatic hydroxyl groups is 1. The van der Waals surface area contributed by atoms with Crippen LogP contribution in [-0.4, -0.2) is 41.9 Å². The Morgan fingerprint density at radius 1 is 1.40 bits per heavy atom. The van der Waals surface area contributed by atoms with Crippen molar-refractivity contribution in [3.63, 3.8) is 0 Å². The van der Waals surface area contributed by atoms with Crippen LogP contribution in [0.4, 0.5) is 4.39 Å². The van der Waals surface area contributed by atoms with Gasteiger partial charge in [-0.3, -0.25) is 0 Å². The van der Waals surface area contributed by atoms with E-state index in [1.807, 2.05) is 11.8 Å². The van der Waals surface area contributed by atoms with E-state index < -0.39 is 6.10 Å². The molecular formula is C15H22FNO2S. The zero-order chi connectivity index (χ0) is 14.4. The van der Waals surface area contributed by atoms with E-state index >= 15 is 0 Å². The number of nitrogens with one attached hydrogen (secondary N) is 1. The minimum absolute atomic E-state index is 0.218. The van der Waals surface area contributed by atoms with Crippen molar-refractivity contribution < 1.29 is 14.2 Å². The van der Waals surface area contributed by atoms with Gasteiger partial charge in [0.1, 0.15) is 24.3 Å². The summed E-state index contributed by atoms with van der Waals surface area (Å²) in [6.07, 6.45) is 5.27. The first-order chi connectivity index (χ1) is 9.69. The smallest absolute Gasteiger partial charge is 0.123 e. The highest BCUT2D eigenvalue weighted by Crippen LogP contribution is 2.28. The van der Waals surface area contributed by atoms with Crippen LogP contribution in [0.3, 0.4) is 0 Å². The Hall–Kier alpha value is -0.780. The van der Waals surface area contributed by atoms with Gasteiger partial charge in [0.05, 0.1) is 0 Å². The van der Waals surface area contributed by atoms with Crippen molar-refractivity contribution in [1.82, 2.24) is 5.32 Å². The third kappa shape index (κ3) is 4.65. The lowest BCUT2D eigenvalue weighted by Gasteiger charge is -2.21. The second-order valence-corrected chi connectivity index (χ2v) is 6.22. The van der Waals surface area contributed by atoms with E-state index in [4.69, 9.17) is 4.74 Å². The number of thioether (sulfide) groups is 1. The molecule has 0 radical (unpaired) electrons. The van der Waals surface area contributed by atoms with Crippen LogP contribution in [0.1, 0.15) is 19.3 Å². The summed E-state index contributed by atoms with van der Waals surface area (Å²) in [6.45, 7) is 0.748. The Labute approximate surface area is 123 Å². The van der Waals surface area contributed by atoms with Gasteiger partial charge in [-0.25, -0.2) is 4.39 Å². The van der Waals surface area contributed by atoms with E-state index in [0.717, 1.165) is 0 Å². The molecule has 1 fully saturated rings. The predicted molar refractivity (Wildman–Crippen MR) is 80.8 cm³/mol. The minimum Gasteiger partial charge on any atom is -0.491 e. The van der Waals surface area contributed by atoms with Crippen LogP contribution in [0.5, 0.6) is 5.75 Å². The molecule has 0 saturated heterocycles. The molecule has 0 aromatic heterocycles. The third-order valence-electron chi connectivity index (χ3n) is 3.63. The van der Waals surface area contributed by atoms with Crippen LogP contribution in [0.15, 0.2) is 24.3 Å². The Balaban J connectivity index is 1.67. The molecule has 1 aliphatic rings. The zero-order valence-corrected chi connectivity index (χ0v) is 12.5. The summed E-state index contributed by atoms with van der Waals surface area (Å²) in [6, 6.07) is 6.32. The molecule has 3 unspecified atom stereocenters. The second kappa shape index (κ2) is 7.86. The van der Waals surface area contributed by atoms with Gasteiger partial charge in [-0.1, -0.05) is 6.42 Å². The number of benzene rings is 1. The number of hydrogen-bond acceptors (Lipinski definition) is 4. The van der Waals surface area contributed by atoms with Crippen LogP contribution in [-0.2, 0) is 0 Å². The summed E-state index contributed by atoms with van der Waals surface area (Å²) in [4.78, 5) is 0. The van der Waals surface area contributed by atoms with Crippen LogP contribution < -0.4 is 10.1 Å². The van der Waals surface area contributed by atoms with E-state index in [2.05, 4.69) is 11.6 Å². The van der Waals surface area contributed by atoms with Gasteiger partial charge in [-0.05, 0) is 43.4 Å². The van der Waals surface area contributed by atoms with Gasteiger partial charge >= 0.3 is 0 Å². The van der Waals surface area contributed by atoms with Crippen molar-refractivity contribution in [3.8, 4) is 5.75 Å². The van der Waals surface area contributed by atoms with Gasteiger partial charge in [-0.15, -0.1) is 0 Å². The zero-order valence-electron chi connectivity index (χ0n) is 11.7. The number of ether oxygens (including phenoxy) is 1. The Morgan fingerprint density at radius 3 is 2.85 bits per heavy atom. The Kier molecular flexibility index (Phi) is 6.13. The molecule has 1 aromatic rings. The lowest BCUT2D eigenvalue weighted by Crippen LogP contribution is -2.40. The van der Waals surface area contributed by atoms with Crippen molar-refractivity contribution in [2.24, 2.45) is 0 Å². The number of rotatable bonds is 7. The van der Waals surface area contributed by atoms with E-state index in [9.17, 15) is 9.50 Å². The molecule has 1 aliphatic carbocycles. The monoisotopic (exact) mass is 299 g/mol. The Bertz CT molecular complexity index is 401. The third-order valence-corrected chi connectivity index (χ3v) is 4.80.